The summed E-state index contributed by atoms with van der Waals surface area (Å²) in [7, 11) is 1.62. The van der Waals surface area contributed by atoms with Crippen LogP contribution in [0.15, 0.2) is 29.4 Å². The Balaban J connectivity index is 2.24. The number of ether oxygens (including phenoxy) is 1. The van der Waals surface area contributed by atoms with Gasteiger partial charge in [0, 0.05) is 0 Å². The molecule has 0 bridgehead atoms. The SMILES string of the molecule is CCCC1=NN(c2ccc(OC)cc2)C(=O)C1CCN. The molecular weight excluding hydrogens is 254 g/mol. The molecule has 1 aliphatic rings. The van der Waals surface area contributed by atoms with Crippen molar-refractivity contribution in [1.82, 2.24) is 0 Å². The number of anilines is 1. The number of rotatable bonds is 6. The molecule has 108 valence electrons. The standard InChI is InChI=1S/C15H21N3O2/c1-3-4-14-13(9-10-16)15(19)18(17-14)11-5-7-12(20-2)8-6-11/h5-8,13H,3-4,9-10,16H2,1-2H3. The van der Waals surface area contributed by atoms with Gasteiger partial charge in [0.1, 0.15) is 5.75 Å². The molecule has 1 unspecified atom stereocenters. The van der Waals surface area contributed by atoms with E-state index in [1.54, 1.807) is 7.11 Å². The molecule has 1 aliphatic heterocycles. The first-order chi connectivity index (χ1) is 9.71. The van der Waals surface area contributed by atoms with Crippen molar-refractivity contribution in [2.45, 2.75) is 26.2 Å². The molecule has 0 spiro atoms. The van der Waals surface area contributed by atoms with Crippen LogP contribution in [0.4, 0.5) is 5.69 Å². The van der Waals surface area contributed by atoms with Crippen LogP contribution in [-0.2, 0) is 4.79 Å². The topological polar surface area (TPSA) is 67.9 Å². The molecule has 0 aliphatic carbocycles. The van der Waals surface area contributed by atoms with Crippen molar-refractivity contribution in [3.63, 3.8) is 0 Å². The number of hydrogen-bond acceptors (Lipinski definition) is 4. The van der Waals surface area contributed by atoms with Gasteiger partial charge >= 0.3 is 0 Å². The Morgan fingerprint density at radius 3 is 2.60 bits per heavy atom. The molecule has 2 rings (SSSR count). The zero-order valence-corrected chi connectivity index (χ0v) is 12.0. The lowest BCUT2D eigenvalue weighted by Crippen LogP contribution is -2.29. The first kappa shape index (κ1) is 14.5. The summed E-state index contributed by atoms with van der Waals surface area (Å²) >= 11 is 0. The molecule has 0 saturated carbocycles. The van der Waals surface area contributed by atoms with E-state index in [0.29, 0.717) is 13.0 Å². The number of nitrogens with zero attached hydrogens (tertiary/aromatic N) is 2. The van der Waals surface area contributed by atoms with Gasteiger partial charge in [0.25, 0.3) is 5.91 Å². The average molecular weight is 275 g/mol. The van der Waals surface area contributed by atoms with E-state index in [2.05, 4.69) is 12.0 Å². The van der Waals surface area contributed by atoms with Gasteiger partial charge < -0.3 is 10.5 Å². The molecule has 5 heteroatoms. The molecule has 1 aromatic rings. The van der Waals surface area contributed by atoms with Crippen LogP contribution >= 0.6 is 0 Å². The summed E-state index contributed by atoms with van der Waals surface area (Å²) in [5.41, 5.74) is 7.32. The highest BCUT2D eigenvalue weighted by Gasteiger charge is 2.35. The normalized spacial score (nSPS) is 18.4. The van der Waals surface area contributed by atoms with Crippen LogP contribution in [-0.4, -0.2) is 25.3 Å². The number of benzene rings is 1. The molecule has 0 fully saturated rings. The maximum absolute atomic E-state index is 12.5. The monoisotopic (exact) mass is 275 g/mol. The molecule has 0 aromatic heterocycles. The molecule has 1 amide bonds. The highest BCUT2D eigenvalue weighted by Crippen LogP contribution is 2.28. The quantitative estimate of drug-likeness (QED) is 0.865. The van der Waals surface area contributed by atoms with Gasteiger partial charge in [-0.1, -0.05) is 13.3 Å². The van der Waals surface area contributed by atoms with Crippen molar-refractivity contribution in [1.29, 1.82) is 0 Å². The predicted octanol–water partition coefficient (Wildman–Crippen LogP) is 2.16. The van der Waals surface area contributed by atoms with Crippen LogP contribution < -0.4 is 15.5 Å². The summed E-state index contributed by atoms with van der Waals surface area (Å²) in [6, 6.07) is 7.34. The number of amides is 1. The van der Waals surface area contributed by atoms with Crippen molar-refractivity contribution in [3.8, 4) is 5.75 Å². The predicted molar refractivity (Wildman–Crippen MR) is 80.0 cm³/mol. The Morgan fingerprint density at radius 1 is 1.35 bits per heavy atom. The molecule has 0 radical (unpaired) electrons. The first-order valence-corrected chi connectivity index (χ1v) is 6.96. The minimum Gasteiger partial charge on any atom is -0.497 e. The molecular formula is C15H21N3O2. The van der Waals surface area contributed by atoms with E-state index in [1.165, 1.54) is 5.01 Å². The van der Waals surface area contributed by atoms with Crippen molar-refractivity contribution < 1.29 is 9.53 Å². The number of carbonyl (C=O) groups excluding carboxylic acids is 1. The van der Waals surface area contributed by atoms with Crippen molar-refractivity contribution in [3.05, 3.63) is 24.3 Å². The van der Waals surface area contributed by atoms with Gasteiger partial charge in [-0.25, -0.2) is 5.01 Å². The third-order valence-corrected chi connectivity index (χ3v) is 3.42. The number of hydrogen-bond donors (Lipinski definition) is 1. The lowest BCUT2D eigenvalue weighted by molar-refractivity contribution is -0.119. The fraction of sp³-hybridized carbons (Fsp3) is 0.467. The molecule has 1 atom stereocenters. The first-order valence-electron chi connectivity index (χ1n) is 6.96. The lowest BCUT2D eigenvalue weighted by atomic mass is 9.96. The van der Waals surface area contributed by atoms with E-state index < -0.39 is 0 Å². The van der Waals surface area contributed by atoms with Crippen molar-refractivity contribution in [2.24, 2.45) is 16.8 Å². The van der Waals surface area contributed by atoms with E-state index in [0.717, 1.165) is 30.0 Å². The average Bonchev–Trinajstić information content (AvgIpc) is 2.77. The van der Waals surface area contributed by atoms with Crippen molar-refractivity contribution in [2.75, 3.05) is 18.7 Å². The second-order valence-corrected chi connectivity index (χ2v) is 4.82. The maximum Gasteiger partial charge on any atom is 0.256 e. The number of methoxy groups -OCH3 is 1. The maximum atomic E-state index is 12.5. The molecule has 1 heterocycles. The van der Waals surface area contributed by atoms with Gasteiger partial charge in [-0.15, -0.1) is 0 Å². The molecule has 0 saturated heterocycles. The van der Waals surface area contributed by atoms with E-state index in [-0.39, 0.29) is 11.8 Å². The highest BCUT2D eigenvalue weighted by molar-refractivity contribution is 6.15. The van der Waals surface area contributed by atoms with Crippen LogP contribution in [0.25, 0.3) is 0 Å². The van der Waals surface area contributed by atoms with Crippen LogP contribution in [0.2, 0.25) is 0 Å². The van der Waals surface area contributed by atoms with Gasteiger partial charge in [0.15, 0.2) is 0 Å². The molecule has 2 N–H and O–H groups in total. The van der Waals surface area contributed by atoms with Crippen LogP contribution in [0.5, 0.6) is 5.75 Å². The second-order valence-electron chi connectivity index (χ2n) is 4.82. The number of nitrogens with two attached hydrogens (primary N) is 1. The van der Waals surface area contributed by atoms with E-state index in [4.69, 9.17) is 10.5 Å². The van der Waals surface area contributed by atoms with E-state index in [1.807, 2.05) is 24.3 Å². The second kappa shape index (κ2) is 6.52. The molecule has 20 heavy (non-hydrogen) atoms. The smallest absolute Gasteiger partial charge is 0.256 e. The minimum absolute atomic E-state index is 0.0177. The largest absolute Gasteiger partial charge is 0.497 e. The highest BCUT2D eigenvalue weighted by atomic mass is 16.5. The minimum atomic E-state index is -0.165. The Bertz CT molecular complexity index is 496. The summed E-state index contributed by atoms with van der Waals surface area (Å²) in [5.74, 6) is 0.614. The van der Waals surface area contributed by atoms with Crippen LogP contribution in [0, 0.1) is 5.92 Å². The van der Waals surface area contributed by atoms with E-state index >= 15 is 0 Å². The van der Waals surface area contributed by atoms with Crippen molar-refractivity contribution >= 4 is 17.3 Å². The van der Waals surface area contributed by atoms with Gasteiger partial charge in [-0.2, -0.15) is 5.10 Å². The number of hydrazone groups is 1. The Kier molecular flexibility index (Phi) is 4.74. The van der Waals surface area contributed by atoms with E-state index in [9.17, 15) is 4.79 Å². The number of carbonyl (C=O) groups is 1. The summed E-state index contributed by atoms with van der Waals surface area (Å²) in [6.45, 7) is 2.58. The van der Waals surface area contributed by atoms with Gasteiger partial charge in [-0.05, 0) is 43.7 Å². The van der Waals surface area contributed by atoms with Gasteiger partial charge in [-0.3, -0.25) is 4.79 Å². The third kappa shape index (κ3) is 2.82. The molecule has 5 nitrogen and oxygen atoms in total. The Hall–Kier alpha value is -1.88. The Morgan fingerprint density at radius 2 is 2.05 bits per heavy atom. The van der Waals surface area contributed by atoms with Crippen LogP contribution in [0.1, 0.15) is 26.2 Å². The Labute approximate surface area is 119 Å². The zero-order chi connectivity index (χ0) is 14.5. The third-order valence-electron chi connectivity index (χ3n) is 3.42. The lowest BCUT2D eigenvalue weighted by Gasteiger charge is -2.14. The molecule has 1 aromatic carbocycles. The fourth-order valence-electron chi connectivity index (χ4n) is 2.38. The summed E-state index contributed by atoms with van der Waals surface area (Å²) in [4.78, 5) is 12.5. The summed E-state index contributed by atoms with van der Waals surface area (Å²) < 4.78 is 5.12. The van der Waals surface area contributed by atoms with Gasteiger partial charge in [0.05, 0.1) is 24.4 Å². The summed E-state index contributed by atoms with van der Waals surface area (Å²) in [5, 5.41) is 5.98. The van der Waals surface area contributed by atoms with Gasteiger partial charge in [0.2, 0.25) is 0 Å². The van der Waals surface area contributed by atoms with Crippen LogP contribution in [0.3, 0.4) is 0 Å². The fourth-order valence-corrected chi connectivity index (χ4v) is 2.38. The summed E-state index contributed by atoms with van der Waals surface area (Å²) in [6.07, 6.45) is 2.47. The zero-order valence-electron chi connectivity index (χ0n) is 12.0.